The summed E-state index contributed by atoms with van der Waals surface area (Å²) in [6.45, 7) is 8.26. The van der Waals surface area contributed by atoms with Gasteiger partial charge in [0.1, 0.15) is 46.2 Å². The second-order valence-electron chi connectivity index (χ2n) is 18.5. The molecule has 19 nitrogen and oxygen atoms in total. The van der Waals surface area contributed by atoms with Crippen molar-refractivity contribution < 1.29 is 44.9 Å². The van der Waals surface area contributed by atoms with Gasteiger partial charge in [0.15, 0.2) is 34.8 Å². The minimum Gasteiger partial charge on any atom is -0.494 e. The molecule has 2 aliphatic rings. The first-order chi connectivity index (χ1) is 38.1. The normalized spacial score (nSPS) is 13.1. The zero-order valence-electron chi connectivity index (χ0n) is 43.8. The van der Waals surface area contributed by atoms with Crippen LogP contribution in [0.2, 0.25) is 0 Å². The summed E-state index contributed by atoms with van der Waals surface area (Å²) in [5.74, 6) is -0.130. The number of hydrogen-bond acceptors (Lipinski definition) is 17. The predicted octanol–water partition coefficient (Wildman–Crippen LogP) is 10.1. The van der Waals surface area contributed by atoms with Crippen LogP contribution in [0.25, 0.3) is 23.0 Å². The molecule has 0 aliphatic heterocycles. The lowest BCUT2D eigenvalue weighted by Gasteiger charge is -2.13. The number of benzene rings is 2. The molecule has 0 radical (unpaired) electrons. The van der Waals surface area contributed by atoms with Crippen LogP contribution in [0.3, 0.4) is 0 Å². The summed E-state index contributed by atoms with van der Waals surface area (Å²) >= 11 is 1.68. The summed E-state index contributed by atoms with van der Waals surface area (Å²) < 4.78 is 108. The fourth-order valence-corrected chi connectivity index (χ4v) is 9.23. The molecular weight excluding hydrogens is 1070 g/mol. The summed E-state index contributed by atoms with van der Waals surface area (Å²) in [5.41, 5.74) is 5.68. The highest BCUT2D eigenvalue weighted by molar-refractivity contribution is 7.98. The van der Waals surface area contributed by atoms with E-state index in [9.17, 15) is 26.0 Å². The Morgan fingerprint density at radius 1 is 0.646 bits per heavy atom. The molecule has 0 spiro atoms. The van der Waals surface area contributed by atoms with E-state index in [2.05, 4.69) is 40.7 Å². The number of nitrogens with one attached hydrogen (secondary N) is 2. The van der Waals surface area contributed by atoms with Crippen molar-refractivity contribution in [1.82, 2.24) is 49.5 Å². The van der Waals surface area contributed by atoms with Crippen LogP contribution in [0, 0.1) is 37.1 Å². The SMILES string of the molecule is CCOc1cc(F)c(Cn2nc(-c3ncc(OCCSC)c(Nc4ccncc4)n3)c(C)c2C2CC2)c(F)c1.CCOc1cc(F)c(Cn2nc(-c3ncc(OCS(N)(=O)=O)c(Nc4ccncc4)n3)c(C)c2C2CC2)c(F)c1. The fourth-order valence-electron chi connectivity index (χ4n) is 8.69. The molecule has 0 bridgehead atoms. The molecule has 414 valence electrons. The molecule has 0 saturated heterocycles. The van der Waals surface area contributed by atoms with Crippen LogP contribution in [0.4, 0.5) is 40.6 Å². The van der Waals surface area contributed by atoms with Gasteiger partial charge < -0.3 is 29.6 Å². The molecule has 8 aromatic rings. The first-order valence-electron chi connectivity index (χ1n) is 25.3. The summed E-state index contributed by atoms with van der Waals surface area (Å²) in [6, 6.07) is 11.8. The van der Waals surface area contributed by atoms with Crippen molar-refractivity contribution in [3.63, 3.8) is 0 Å². The number of sulfonamides is 1. The number of pyridine rings is 2. The second kappa shape index (κ2) is 24.8. The average Bonchev–Trinajstić information content (AvgIpc) is 4.57. The molecule has 4 N–H and O–H groups in total. The monoisotopic (exact) mass is 1120 g/mol. The van der Waals surface area contributed by atoms with Gasteiger partial charge in [0.05, 0.1) is 45.3 Å². The first-order valence-corrected chi connectivity index (χ1v) is 28.4. The van der Waals surface area contributed by atoms with Gasteiger partial charge in [0.2, 0.25) is 16.0 Å². The molecule has 2 aromatic carbocycles. The Balaban J connectivity index is 0.000000192. The third-order valence-electron chi connectivity index (χ3n) is 12.6. The number of nitrogens with zero attached hydrogens (tertiary/aromatic N) is 10. The van der Waals surface area contributed by atoms with Gasteiger partial charge in [0, 0.05) is 112 Å². The van der Waals surface area contributed by atoms with E-state index in [1.165, 1.54) is 18.3 Å². The number of rotatable bonds is 23. The van der Waals surface area contributed by atoms with E-state index in [4.69, 9.17) is 34.2 Å². The smallest absolute Gasteiger partial charge is 0.244 e. The lowest BCUT2D eigenvalue weighted by molar-refractivity contribution is 0.334. The molecule has 6 heterocycles. The lowest BCUT2D eigenvalue weighted by Crippen LogP contribution is -2.21. The fraction of sp³-hybridized carbons (Fsp3) is 0.333. The molecule has 2 aliphatic carbocycles. The van der Waals surface area contributed by atoms with Gasteiger partial charge in [-0.2, -0.15) is 22.0 Å². The number of thioether (sulfide) groups is 1. The average molecular weight is 1120 g/mol. The Morgan fingerprint density at radius 3 is 1.42 bits per heavy atom. The summed E-state index contributed by atoms with van der Waals surface area (Å²) in [5, 5.41) is 20.9. The number of halogens is 4. The number of hydrogen-bond donors (Lipinski definition) is 3. The van der Waals surface area contributed by atoms with E-state index >= 15 is 0 Å². The van der Waals surface area contributed by atoms with Gasteiger partial charge in [-0.15, -0.1) is 0 Å². The highest BCUT2D eigenvalue weighted by Gasteiger charge is 2.34. The zero-order valence-corrected chi connectivity index (χ0v) is 45.5. The van der Waals surface area contributed by atoms with E-state index < -0.39 is 39.2 Å². The Labute approximate surface area is 457 Å². The Kier molecular flexibility index (Phi) is 17.6. The van der Waals surface area contributed by atoms with Gasteiger partial charge in [0.25, 0.3) is 0 Å². The van der Waals surface area contributed by atoms with Crippen LogP contribution in [-0.4, -0.2) is 95.7 Å². The minimum absolute atomic E-state index is 0.0469. The molecule has 2 saturated carbocycles. The molecule has 10 rings (SSSR count). The van der Waals surface area contributed by atoms with E-state index in [0.717, 1.165) is 71.8 Å². The maximum atomic E-state index is 14.9. The van der Waals surface area contributed by atoms with Gasteiger partial charge in [-0.1, -0.05) is 0 Å². The van der Waals surface area contributed by atoms with Crippen molar-refractivity contribution in [2.75, 3.05) is 48.4 Å². The van der Waals surface area contributed by atoms with Gasteiger partial charge in [-0.3, -0.25) is 19.3 Å². The van der Waals surface area contributed by atoms with Crippen LogP contribution in [-0.2, 0) is 23.1 Å². The number of anilines is 4. The van der Waals surface area contributed by atoms with Crippen LogP contribution < -0.4 is 34.7 Å². The van der Waals surface area contributed by atoms with Crippen molar-refractivity contribution in [2.45, 2.75) is 78.3 Å². The van der Waals surface area contributed by atoms with Crippen molar-refractivity contribution in [3.05, 3.63) is 143 Å². The molecular formula is C54H57F4N13O6S2. The quantitative estimate of drug-likeness (QED) is 0.0399. The van der Waals surface area contributed by atoms with Crippen molar-refractivity contribution in [1.29, 1.82) is 0 Å². The zero-order chi connectivity index (χ0) is 55.8. The van der Waals surface area contributed by atoms with Gasteiger partial charge in [-0.25, -0.2) is 51.1 Å². The third kappa shape index (κ3) is 13.9. The summed E-state index contributed by atoms with van der Waals surface area (Å²) in [7, 11) is -3.93. The minimum atomic E-state index is -3.93. The number of primary sulfonamides is 1. The third-order valence-corrected chi connectivity index (χ3v) is 13.6. The molecule has 6 aromatic heterocycles. The summed E-state index contributed by atoms with van der Waals surface area (Å²) in [6.07, 6.45) is 15.3. The highest BCUT2D eigenvalue weighted by Crippen LogP contribution is 2.45. The summed E-state index contributed by atoms with van der Waals surface area (Å²) in [4.78, 5) is 26.3. The topological polar surface area (TPSA) is 234 Å². The molecule has 0 unspecified atom stereocenters. The number of ether oxygens (including phenoxy) is 4. The molecule has 0 atom stereocenters. The predicted molar refractivity (Wildman–Crippen MR) is 291 cm³/mol. The first kappa shape index (κ1) is 55.8. The van der Waals surface area contributed by atoms with Crippen LogP contribution >= 0.6 is 11.8 Å². The van der Waals surface area contributed by atoms with Crippen molar-refractivity contribution >= 4 is 44.8 Å². The molecule has 25 heteroatoms. The van der Waals surface area contributed by atoms with Gasteiger partial charge >= 0.3 is 0 Å². The van der Waals surface area contributed by atoms with E-state index in [1.54, 1.807) is 78.1 Å². The van der Waals surface area contributed by atoms with Crippen LogP contribution in [0.5, 0.6) is 23.0 Å². The van der Waals surface area contributed by atoms with Crippen molar-refractivity contribution in [2.24, 2.45) is 5.14 Å². The molecule has 79 heavy (non-hydrogen) atoms. The van der Waals surface area contributed by atoms with E-state index in [0.29, 0.717) is 47.7 Å². The van der Waals surface area contributed by atoms with E-state index in [-0.39, 0.29) is 71.5 Å². The standard InChI is InChI=1S/C28H30F2N6O2S.C26H27F2N7O4S/c1-4-37-20-13-22(29)21(23(30)14-20)16-36-26(18-5-6-18)17(2)25(35-36)28-32-15-24(38-11-12-39-3)27(34-28)33-19-7-9-31-10-8-19;1-3-38-18-10-20(27)19(21(28)11-18)13-35-24(16-4-5-16)15(2)23(34-35)26-31-12-22(39-14-40(29,36)37)25(33-26)32-17-6-8-30-9-7-17/h7-10,13-15,18H,4-6,11-12,16H2,1-3H3,(H,31,32,33,34);6-12,16H,3-5,13-14H2,1-2H3,(H2,29,36,37)(H,30,31,32,33). The lowest BCUT2D eigenvalue weighted by atomic mass is 10.1. The Hall–Kier alpha value is -7.90. The Bertz CT molecular complexity index is 3510. The number of nitrogens with two attached hydrogens (primary N) is 1. The van der Waals surface area contributed by atoms with E-state index in [1.807, 2.05) is 32.2 Å². The highest BCUT2D eigenvalue weighted by atomic mass is 32.2. The molecule has 2 fully saturated rings. The maximum absolute atomic E-state index is 14.9. The van der Waals surface area contributed by atoms with Crippen LogP contribution in [0.1, 0.15) is 85.0 Å². The van der Waals surface area contributed by atoms with Crippen LogP contribution in [0.15, 0.2) is 85.7 Å². The second-order valence-corrected chi connectivity index (χ2v) is 21.0. The van der Waals surface area contributed by atoms with Gasteiger partial charge in [-0.05, 0) is 83.9 Å². The molecule has 0 amide bonds. The Morgan fingerprint density at radius 2 is 1.05 bits per heavy atom. The maximum Gasteiger partial charge on any atom is 0.244 e. The largest absolute Gasteiger partial charge is 0.494 e. The van der Waals surface area contributed by atoms with Crippen molar-refractivity contribution in [3.8, 4) is 46.0 Å². The number of aromatic nitrogens is 10.